The highest BCUT2D eigenvalue weighted by molar-refractivity contribution is 7.80. The van der Waals surface area contributed by atoms with Crippen molar-refractivity contribution >= 4 is 45.6 Å². The largest absolute Gasteiger partial charge is 0.422 e. The summed E-state index contributed by atoms with van der Waals surface area (Å²) in [4.78, 5) is 24.8. The molecule has 1 amide bonds. The molecule has 0 unspecified atom stereocenters. The van der Waals surface area contributed by atoms with E-state index in [9.17, 15) is 9.59 Å². The minimum atomic E-state index is -0.420. The number of nitrogens with two attached hydrogens (primary N) is 1. The number of carbonyl (C=O) groups excluding carboxylic acids is 1. The number of benzene rings is 3. The van der Waals surface area contributed by atoms with Gasteiger partial charge in [-0.2, -0.15) is 0 Å². The number of amides is 1. The van der Waals surface area contributed by atoms with Gasteiger partial charge in [0.2, 0.25) is 0 Å². The summed E-state index contributed by atoms with van der Waals surface area (Å²) in [7, 11) is 0. The molecule has 4 aromatic rings. The molecule has 0 fully saturated rings. The highest BCUT2D eigenvalue weighted by atomic mass is 32.1. The summed E-state index contributed by atoms with van der Waals surface area (Å²) in [6, 6.07) is 22.9. The van der Waals surface area contributed by atoms with Gasteiger partial charge in [0.05, 0.1) is 5.56 Å². The Hall–Kier alpha value is -3.97. The second-order valence-electron chi connectivity index (χ2n) is 6.58. The van der Waals surface area contributed by atoms with Crippen molar-refractivity contribution in [3.63, 3.8) is 0 Å². The maximum Gasteiger partial charge on any atom is 0.344 e. The lowest BCUT2D eigenvalue weighted by molar-refractivity contribution is 0.102. The van der Waals surface area contributed by atoms with E-state index >= 15 is 0 Å². The van der Waals surface area contributed by atoms with Crippen molar-refractivity contribution < 1.29 is 9.21 Å². The molecule has 0 bridgehead atoms. The van der Waals surface area contributed by atoms with Crippen LogP contribution in [0.2, 0.25) is 0 Å². The topological polar surface area (TPSA) is 97.4 Å². The van der Waals surface area contributed by atoms with Crippen molar-refractivity contribution in [2.45, 2.75) is 0 Å². The van der Waals surface area contributed by atoms with Gasteiger partial charge in [0.25, 0.3) is 5.91 Å². The molecule has 1 aromatic heterocycles. The van der Waals surface area contributed by atoms with Gasteiger partial charge < -0.3 is 20.8 Å². The lowest BCUT2D eigenvalue weighted by Crippen LogP contribution is -2.18. The Kier molecular flexibility index (Phi) is 5.28. The van der Waals surface area contributed by atoms with Crippen molar-refractivity contribution in [3.8, 4) is 11.1 Å². The predicted octanol–water partition coefficient (Wildman–Crippen LogP) is 4.37. The molecule has 0 aliphatic heterocycles. The van der Waals surface area contributed by atoms with Crippen LogP contribution in [0.3, 0.4) is 0 Å². The Bertz CT molecular complexity index is 1300. The number of hydrogen-bond donors (Lipinski definition) is 3. The van der Waals surface area contributed by atoms with E-state index in [1.807, 2.05) is 18.2 Å². The lowest BCUT2D eigenvalue weighted by atomic mass is 10.0. The van der Waals surface area contributed by atoms with Gasteiger partial charge in [-0.1, -0.05) is 30.3 Å². The summed E-state index contributed by atoms with van der Waals surface area (Å²) >= 11 is 4.79. The second kappa shape index (κ2) is 8.18. The zero-order valence-corrected chi connectivity index (χ0v) is 16.5. The zero-order chi connectivity index (χ0) is 21.1. The maximum absolute atomic E-state index is 12.5. The normalized spacial score (nSPS) is 10.5. The van der Waals surface area contributed by atoms with Crippen LogP contribution in [0.1, 0.15) is 10.4 Å². The van der Waals surface area contributed by atoms with Gasteiger partial charge in [0.1, 0.15) is 5.58 Å². The van der Waals surface area contributed by atoms with Gasteiger partial charge in [-0.15, -0.1) is 0 Å². The monoisotopic (exact) mass is 415 g/mol. The van der Waals surface area contributed by atoms with E-state index in [1.165, 1.54) is 0 Å². The Morgan fingerprint density at radius 3 is 2.17 bits per heavy atom. The highest BCUT2D eigenvalue weighted by Crippen LogP contribution is 2.22. The van der Waals surface area contributed by atoms with Crippen molar-refractivity contribution in [2.75, 3.05) is 10.6 Å². The summed E-state index contributed by atoms with van der Waals surface area (Å²) in [5.74, 6) is -0.262. The molecular formula is C23H17N3O3S. The molecule has 0 aliphatic carbocycles. The summed E-state index contributed by atoms with van der Waals surface area (Å²) in [5, 5.41) is 6.65. The number of anilines is 2. The van der Waals surface area contributed by atoms with Crippen LogP contribution < -0.4 is 22.0 Å². The summed E-state index contributed by atoms with van der Waals surface area (Å²) in [6.07, 6.45) is 0. The predicted molar refractivity (Wildman–Crippen MR) is 123 cm³/mol. The molecule has 6 nitrogen and oxygen atoms in total. The van der Waals surface area contributed by atoms with E-state index in [0.717, 1.165) is 11.1 Å². The quantitative estimate of drug-likeness (QED) is 0.338. The number of nitrogens with one attached hydrogen (secondary N) is 2. The average Bonchev–Trinajstić information content (AvgIpc) is 2.74. The third-order valence-corrected chi connectivity index (χ3v) is 4.61. The number of para-hydroxylation sites is 1. The SMILES string of the molecule is NC(=S)Nc1ccc(NC(=O)c2ccc(-c3cc4ccccc4oc3=O)cc2)cc1. The Labute approximate surface area is 177 Å². The standard InChI is InChI=1S/C23H17N3O3S/c24-23(30)26-18-11-9-17(10-12-18)25-21(27)15-7-5-14(6-8-15)19-13-16-3-1-2-4-20(16)29-22(19)28/h1-13H,(H,25,27)(H3,24,26,30). The third-order valence-electron chi connectivity index (χ3n) is 4.51. The van der Waals surface area contributed by atoms with E-state index in [1.54, 1.807) is 60.7 Å². The van der Waals surface area contributed by atoms with Crippen molar-refractivity contribution in [1.29, 1.82) is 0 Å². The summed E-state index contributed by atoms with van der Waals surface area (Å²) in [6.45, 7) is 0. The fraction of sp³-hybridized carbons (Fsp3) is 0. The smallest absolute Gasteiger partial charge is 0.344 e. The van der Waals surface area contributed by atoms with E-state index in [-0.39, 0.29) is 11.0 Å². The van der Waals surface area contributed by atoms with Gasteiger partial charge in [0.15, 0.2) is 5.11 Å². The third kappa shape index (κ3) is 4.21. The minimum Gasteiger partial charge on any atom is -0.422 e. The molecule has 4 rings (SSSR count). The molecule has 7 heteroatoms. The molecule has 0 radical (unpaired) electrons. The zero-order valence-electron chi connectivity index (χ0n) is 15.7. The van der Waals surface area contributed by atoms with Crippen molar-refractivity contribution in [2.24, 2.45) is 5.73 Å². The van der Waals surface area contributed by atoms with Crippen LogP contribution in [0.15, 0.2) is 88.1 Å². The molecule has 0 saturated carbocycles. The fourth-order valence-electron chi connectivity index (χ4n) is 3.05. The lowest BCUT2D eigenvalue weighted by Gasteiger charge is -2.08. The van der Waals surface area contributed by atoms with Crippen molar-refractivity contribution in [3.05, 3.63) is 94.8 Å². The van der Waals surface area contributed by atoms with E-state index < -0.39 is 5.63 Å². The van der Waals surface area contributed by atoms with Crippen LogP contribution >= 0.6 is 12.2 Å². The van der Waals surface area contributed by atoms with Crippen LogP contribution in [0.5, 0.6) is 0 Å². The van der Waals surface area contributed by atoms with Crippen molar-refractivity contribution in [1.82, 2.24) is 0 Å². The molecule has 1 heterocycles. The first kappa shape index (κ1) is 19.4. The van der Waals surface area contributed by atoms with Crippen LogP contribution in [-0.2, 0) is 0 Å². The second-order valence-corrected chi connectivity index (χ2v) is 7.02. The summed E-state index contributed by atoms with van der Waals surface area (Å²) < 4.78 is 5.38. The van der Waals surface area contributed by atoms with Gasteiger partial charge in [-0.3, -0.25) is 4.79 Å². The minimum absolute atomic E-state index is 0.173. The van der Waals surface area contributed by atoms with Gasteiger partial charge >= 0.3 is 5.63 Å². The Morgan fingerprint density at radius 1 is 0.867 bits per heavy atom. The number of fused-ring (bicyclic) bond motifs is 1. The Balaban J connectivity index is 1.52. The van der Waals surface area contributed by atoms with E-state index in [2.05, 4.69) is 10.6 Å². The first-order chi connectivity index (χ1) is 14.5. The first-order valence-electron chi connectivity index (χ1n) is 9.11. The molecule has 3 aromatic carbocycles. The Morgan fingerprint density at radius 2 is 1.50 bits per heavy atom. The molecule has 0 saturated heterocycles. The van der Waals surface area contributed by atoms with Crippen LogP contribution in [-0.4, -0.2) is 11.0 Å². The number of carbonyl (C=O) groups is 1. The summed E-state index contributed by atoms with van der Waals surface area (Å²) in [5.41, 5.74) is 8.51. The first-order valence-corrected chi connectivity index (χ1v) is 9.51. The molecular weight excluding hydrogens is 398 g/mol. The molecule has 0 aliphatic rings. The number of thiocarbonyl (C=S) groups is 1. The van der Waals surface area contributed by atoms with E-state index in [4.69, 9.17) is 22.4 Å². The number of hydrogen-bond acceptors (Lipinski definition) is 4. The fourth-order valence-corrected chi connectivity index (χ4v) is 3.16. The van der Waals surface area contributed by atoms with Gasteiger partial charge in [-0.05, 0) is 66.3 Å². The highest BCUT2D eigenvalue weighted by Gasteiger charge is 2.10. The van der Waals surface area contributed by atoms with Crippen LogP contribution in [0.25, 0.3) is 22.1 Å². The molecule has 4 N–H and O–H groups in total. The molecule has 148 valence electrons. The van der Waals surface area contributed by atoms with Crippen LogP contribution in [0.4, 0.5) is 11.4 Å². The van der Waals surface area contributed by atoms with E-state index in [0.29, 0.717) is 28.0 Å². The molecule has 0 atom stereocenters. The van der Waals surface area contributed by atoms with Gasteiger partial charge in [-0.25, -0.2) is 4.79 Å². The molecule has 30 heavy (non-hydrogen) atoms. The van der Waals surface area contributed by atoms with Gasteiger partial charge in [0, 0.05) is 22.3 Å². The molecule has 0 spiro atoms. The average molecular weight is 415 g/mol. The number of rotatable bonds is 4. The maximum atomic E-state index is 12.5. The van der Waals surface area contributed by atoms with Crippen LogP contribution in [0, 0.1) is 0 Å².